The summed E-state index contributed by atoms with van der Waals surface area (Å²) in [6.45, 7) is 0.916. The van der Waals surface area contributed by atoms with Gasteiger partial charge in [0.2, 0.25) is 5.79 Å². The molecular weight excluding hydrogens is 160 g/mol. The van der Waals surface area contributed by atoms with Gasteiger partial charge in [-0.25, -0.2) is 0 Å². The van der Waals surface area contributed by atoms with E-state index >= 15 is 0 Å². The number of carbonyl (C=O) groups excluding carboxylic acids is 2. The second kappa shape index (κ2) is 4.33. The first kappa shape index (κ1) is 9.35. The molecule has 0 aromatic rings. The van der Waals surface area contributed by atoms with Crippen LogP contribution in [0.2, 0.25) is 0 Å². The highest BCUT2D eigenvalue weighted by atomic mass is 16.7. The Morgan fingerprint density at radius 3 is 2.42 bits per heavy atom. The molecule has 12 heavy (non-hydrogen) atoms. The van der Waals surface area contributed by atoms with E-state index in [2.05, 4.69) is 0 Å². The topological polar surface area (TPSA) is 52.6 Å². The van der Waals surface area contributed by atoms with Crippen LogP contribution in [0.5, 0.6) is 0 Å². The molecule has 0 saturated carbocycles. The molecular formula is C8H12O4. The van der Waals surface area contributed by atoms with Gasteiger partial charge in [0.15, 0.2) is 6.29 Å². The number of rotatable bonds is 5. The lowest BCUT2D eigenvalue weighted by Gasteiger charge is -2.19. The van der Waals surface area contributed by atoms with E-state index in [-0.39, 0.29) is 0 Å². The molecule has 0 bridgehead atoms. The predicted octanol–water partition coefficient (Wildman–Crippen LogP) is 0.298. The molecule has 1 heterocycles. The average Bonchev–Trinajstić information content (AvgIpc) is 2.55. The van der Waals surface area contributed by atoms with E-state index < -0.39 is 5.79 Å². The van der Waals surface area contributed by atoms with Gasteiger partial charge in [0, 0.05) is 12.8 Å². The molecule has 1 saturated heterocycles. The van der Waals surface area contributed by atoms with Crippen LogP contribution in [0.15, 0.2) is 0 Å². The number of carbonyl (C=O) groups is 2. The Bertz CT molecular complexity index is 160. The maximum atomic E-state index is 10.6. The van der Waals surface area contributed by atoms with E-state index in [4.69, 9.17) is 9.47 Å². The van der Waals surface area contributed by atoms with Crippen LogP contribution >= 0.6 is 0 Å². The fourth-order valence-electron chi connectivity index (χ4n) is 1.17. The summed E-state index contributed by atoms with van der Waals surface area (Å²) < 4.78 is 10.3. The van der Waals surface area contributed by atoms with Crippen LogP contribution in [-0.4, -0.2) is 31.6 Å². The highest BCUT2D eigenvalue weighted by Gasteiger charge is 2.35. The summed E-state index contributed by atoms with van der Waals surface area (Å²) >= 11 is 0. The van der Waals surface area contributed by atoms with Gasteiger partial charge in [-0.3, -0.25) is 4.79 Å². The molecule has 0 atom stereocenters. The van der Waals surface area contributed by atoms with E-state index in [9.17, 15) is 9.59 Å². The molecule has 1 fully saturated rings. The number of unbranched alkanes of at least 4 members (excludes halogenated alkanes) is 1. The lowest BCUT2D eigenvalue weighted by Crippen LogP contribution is -2.31. The van der Waals surface area contributed by atoms with Gasteiger partial charge in [-0.05, 0) is 6.42 Å². The number of hydrogen-bond donors (Lipinski definition) is 0. The van der Waals surface area contributed by atoms with Crippen LogP contribution in [0.25, 0.3) is 0 Å². The molecule has 0 aromatic carbocycles. The second-order valence-corrected chi connectivity index (χ2v) is 2.69. The van der Waals surface area contributed by atoms with Crippen molar-refractivity contribution in [2.45, 2.75) is 25.0 Å². The van der Waals surface area contributed by atoms with Crippen molar-refractivity contribution in [1.82, 2.24) is 0 Å². The third kappa shape index (κ3) is 2.12. The first-order chi connectivity index (χ1) is 5.83. The summed E-state index contributed by atoms with van der Waals surface area (Å²) in [6, 6.07) is 0. The van der Waals surface area contributed by atoms with E-state index in [1.165, 1.54) is 0 Å². The monoisotopic (exact) mass is 172 g/mol. The number of aldehydes is 2. The summed E-state index contributed by atoms with van der Waals surface area (Å²) in [5.41, 5.74) is 0. The molecule has 0 aliphatic carbocycles. The van der Waals surface area contributed by atoms with Crippen LogP contribution in [0.3, 0.4) is 0 Å². The fourth-order valence-corrected chi connectivity index (χ4v) is 1.17. The molecule has 0 amide bonds. The molecule has 0 radical (unpaired) electrons. The molecule has 68 valence electrons. The standard InChI is InChI=1S/C8H12O4/c9-4-2-1-3-8(7-10)11-5-6-12-8/h4,7H,1-3,5-6H2. The minimum absolute atomic E-state index is 0.447. The molecule has 1 aliphatic rings. The fraction of sp³-hybridized carbons (Fsp3) is 0.750. The number of ether oxygens (including phenoxy) is 2. The summed E-state index contributed by atoms with van der Waals surface area (Å²) in [5, 5.41) is 0. The molecule has 1 aliphatic heterocycles. The third-order valence-corrected chi connectivity index (χ3v) is 1.80. The molecule has 0 unspecified atom stereocenters. The van der Waals surface area contributed by atoms with Crippen LogP contribution in [0.1, 0.15) is 19.3 Å². The second-order valence-electron chi connectivity index (χ2n) is 2.69. The van der Waals surface area contributed by atoms with Gasteiger partial charge in [-0.1, -0.05) is 0 Å². The van der Waals surface area contributed by atoms with Gasteiger partial charge in [-0.2, -0.15) is 0 Å². The highest BCUT2D eigenvalue weighted by molar-refractivity contribution is 5.60. The molecule has 0 aromatic heterocycles. The van der Waals surface area contributed by atoms with Crippen molar-refractivity contribution in [2.24, 2.45) is 0 Å². The molecule has 0 spiro atoms. The summed E-state index contributed by atoms with van der Waals surface area (Å²) in [4.78, 5) is 20.6. The van der Waals surface area contributed by atoms with Gasteiger partial charge in [0.1, 0.15) is 6.29 Å². The van der Waals surface area contributed by atoms with Gasteiger partial charge >= 0.3 is 0 Å². The normalized spacial score (nSPS) is 20.7. The van der Waals surface area contributed by atoms with Gasteiger partial charge in [0.25, 0.3) is 0 Å². The van der Waals surface area contributed by atoms with Crippen molar-refractivity contribution < 1.29 is 19.1 Å². The maximum Gasteiger partial charge on any atom is 0.225 e. The van der Waals surface area contributed by atoms with Gasteiger partial charge < -0.3 is 14.3 Å². The van der Waals surface area contributed by atoms with Gasteiger partial charge in [-0.15, -0.1) is 0 Å². The molecule has 0 N–H and O–H groups in total. The maximum absolute atomic E-state index is 10.6. The Morgan fingerprint density at radius 1 is 1.25 bits per heavy atom. The smallest absolute Gasteiger partial charge is 0.225 e. The van der Waals surface area contributed by atoms with Crippen molar-refractivity contribution in [3.63, 3.8) is 0 Å². The number of hydrogen-bond acceptors (Lipinski definition) is 4. The van der Waals surface area contributed by atoms with Crippen molar-refractivity contribution in [3.8, 4) is 0 Å². The first-order valence-electron chi connectivity index (χ1n) is 4.01. The Kier molecular flexibility index (Phi) is 3.37. The molecule has 1 rings (SSSR count). The predicted molar refractivity (Wildman–Crippen MR) is 40.6 cm³/mol. The molecule has 4 heteroatoms. The minimum Gasteiger partial charge on any atom is -0.341 e. The summed E-state index contributed by atoms with van der Waals surface area (Å²) in [6.07, 6.45) is 3.04. The average molecular weight is 172 g/mol. The SMILES string of the molecule is O=CCCCC1(C=O)OCCO1. The van der Waals surface area contributed by atoms with Crippen LogP contribution < -0.4 is 0 Å². The largest absolute Gasteiger partial charge is 0.341 e. The minimum atomic E-state index is -1.05. The lowest BCUT2D eigenvalue weighted by molar-refractivity contribution is -0.169. The Morgan fingerprint density at radius 2 is 1.92 bits per heavy atom. The van der Waals surface area contributed by atoms with Crippen molar-refractivity contribution in [3.05, 3.63) is 0 Å². The van der Waals surface area contributed by atoms with Crippen LogP contribution in [-0.2, 0) is 19.1 Å². The van der Waals surface area contributed by atoms with Gasteiger partial charge in [0.05, 0.1) is 13.2 Å². The third-order valence-electron chi connectivity index (χ3n) is 1.80. The van der Waals surface area contributed by atoms with E-state index in [0.717, 1.165) is 6.29 Å². The lowest BCUT2D eigenvalue weighted by atomic mass is 10.1. The van der Waals surface area contributed by atoms with Crippen molar-refractivity contribution >= 4 is 12.6 Å². The summed E-state index contributed by atoms with van der Waals surface area (Å²) in [7, 11) is 0. The Balaban J connectivity index is 2.33. The first-order valence-corrected chi connectivity index (χ1v) is 4.01. The van der Waals surface area contributed by atoms with Crippen molar-refractivity contribution in [1.29, 1.82) is 0 Å². The highest BCUT2D eigenvalue weighted by Crippen LogP contribution is 2.22. The van der Waals surface area contributed by atoms with Crippen LogP contribution in [0, 0.1) is 0 Å². The zero-order valence-electron chi connectivity index (χ0n) is 6.82. The zero-order chi connectivity index (χ0) is 8.86. The quantitative estimate of drug-likeness (QED) is 0.442. The van der Waals surface area contributed by atoms with E-state index in [1.807, 2.05) is 0 Å². The van der Waals surface area contributed by atoms with E-state index in [0.29, 0.717) is 38.8 Å². The van der Waals surface area contributed by atoms with E-state index in [1.54, 1.807) is 0 Å². The van der Waals surface area contributed by atoms with Crippen LogP contribution in [0.4, 0.5) is 0 Å². The summed E-state index contributed by atoms with van der Waals surface area (Å²) in [5.74, 6) is -1.05. The van der Waals surface area contributed by atoms with Crippen molar-refractivity contribution in [2.75, 3.05) is 13.2 Å². The zero-order valence-corrected chi connectivity index (χ0v) is 6.82. The Labute approximate surface area is 70.8 Å². The molecule has 4 nitrogen and oxygen atoms in total. The Hall–Kier alpha value is -0.740.